The fourth-order valence-corrected chi connectivity index (χ4v) is 3.74. The van der Waals surface area contributed by atoms with Crippen LogP contribution in [0.1, 0.15) is 39.5 Å². The van der Waals surface area contributed by atoms with Crippen LogP contribution in [0.15, 0.2) is 12.7 Å². The molecular formula is C15H23NO2. The van der Waals surface area contributed by atoms with Crippen molar-refractivity contribution in [2.75, 3.05) is 13.1 Å². The Labute approximate surface area is 109 Å². The molecule has 2 atom stereocenters. The summed E-state index contributed by atoms with van der Waals surface area (Å²) in [5.74, 6) is -0.293. The average molecular weight is 249 g/mol. The summed E-state index contributed by atoms with van der Waals surface area (Å²) in [4.78, 5) is 24.2. The molecule has 2 saturated carbocycles. The maximum absolute atomic E-state index is 12.2. The fourth-order valence-electron chi connectivity index (χ4n) is 3.74. The second kappa shape index (κ2) is 4.61. The van der Waals surface area contributed by atoms with Crippen LogP contribution in [-0.2, 0) is 9.59 Å². The number of carbonyl (C=O) groups excluding carboxylic acids is 2. The average Bonchev–Trinajstić information content (AvgIpc) is 2.65. The summed E-state index contributed by atoms with van der Waals surface area (Å²) in [7, 11) is 0. The largest absolute Gasteiger partial charge is 0.316 e. The maximum atomic E-state index is 12.2. The third-order valence-electron chi connectivity index (χ3n) is 5.13. The van der Waals surface area contributed by atoms with E-state index >= 15 is 0 Å². The van der Waals surface area contributed by atoms with Gasteiger partial charge in [-0.3, -0.25) is 9.59 Å². The Morgan fingerprint density at radius 3 is 2.72 bits per heavy atom. The van der Waals surface area contributed by atoms with E-state index in [9.17, 15) is 9.59 Å². The van der Waals surface area contributed by atoms with E-state index in [-0.39, 0.29) is 22.9 Å². The molecule has 100 valence electrons. The van der Waals surface area contributed by atoms with Gasteiger partial charge in [0.05, 0.1) is 5.41 Å². The molecule has 2 unspecified atom stereocenters. The Morgan fingerprint density at radius 2 is 2.17 bits per heavy atom. The molecule has 2 fully saturated rings. The first kappa shape index (κ1) is 13.5. The van der Waals surface area contributed by atoms with Crippen LogP contribution in [0.5, 0.6) is 0 Å². The lowest BCUT2D eigenvalue weighted by Gasteiger charge is -2.35. The van der Waals surface area contributed by atoms with E-state index < -0.39 is 5.41 Å². The highest BCUT2D eigenvalue weighted by Gasteiger charge is 2.68. The second-order valence-electron chi connectivity index (χ2n) is 6.20. The van der Waals surface area contributed by atoms with Crippen molar-refractivity contribution >= 4 is 11.6 Å². The minimum atomic E-state index is -0.442. The molecule has 1 N–H and O–H groups in total. The van der Waals surface area contributed by atoms with Gasteiger partial charge in [-0.1, -0.05) is 19.9 Å². The molecule has 0 spiro atoms. The van der Waals surface area contributed by atoms with Crippen LogP contribution in [-0.4, -0.2) is 24.7 Å². The summed E-state index contributed by atoms with van der Waals surface area (Å²) in [6.45, 7) is 9.39. The van der Waals surface area contributed by atoms with E-state index in [2.05, 4.69) is 25.7 Å². The van der Waals surface area contributed by atoms with E-state index in [1.807, 2.05) is 6.08 Å². The minimum Gasteiger partial charge on any atom is -0.316 e. The number of hydrogen-bond donors (Lipinski definition) is 1. The second-order valence-corrected chi connectivity index (χ2v) is 6.20. The Bertz CT molecular complexity index is 386. The number of ketones is 2. The van der Waals surface area contributed by atoms with Crippen molar-refractivity contribution in [3.63, 3.8) is 0 Å². The van der Waals surface area contributed by atoms with Crippen molar-refractivity contribution < 1.29 is 9.59 Å². The van der Waals surface area contributed by atoms with Crippen LogP contribution in [0, 0.1) is 16.7 Å². The highest BCUT2D eigenvalue weighted by molar-refractivity contribution is 6.43. The van der Waals surface area contributed by atoms with Gasteiger partial charge in [0.15, 0.2) is 0 Å². The zero-order valence-electron chi connectivity index (χ0n) is 11.4. The molecule has 2 bridgehead atoms. The highest BCUT2D eigenvalue weighted by Crippen LogP contribution is 2.61. The molecule has 0 aromatic carbocycles. The molecule has 0 aromatic heterocycles. The number of unbranched alkanes of at least 4 members (excludes halogenated alkanes) is 1. The summed E-state index contributed by atoms with van der Waals surface area (Å²) in [5.41, 5.74) is -0.616. The summed E-state index contributed by atoms with van der Waals surface area (Å²) < 4.78 is 0. The molecule has 0 aliphatic heterocycles. The van der Waals surface area contributed by atoms with Crippen molar-refractivity contribution in [3.8, 4) is 0 Å². The van der Waals surface area contributed by atoms with E-state index in [1.165, 1.54) is 0 Å². The number of fused-ring (bicyclic) bond motifs is 2. The molecule has 3 nitrogen and oxygen atoms in total. The zero-order valence-corrected chi connectivity index (χ0v) is 11.4. The molecule has 0 heterocycles. The molecule has 3 heteroatoms. The van der Waals surface area contributed by atoms with Crippen molar-refractivity contribution in [3.05, 3.63) is 12.7 Å². The van der Waals surface area contributed by atoms with Gasteiger partial charge in [-0.05, 0) is 37.6 Å². The Hall–Kier alpha value is -0.960. The molecule has 2 rings (SSSR count). The predicted molar refractivity (Wildman–Crippen MR) is 71.3 cm³/mol. The lowest BCUT2D eigenvalue weighted by molar-refractivity contribution is -0.141. The van der Waals surface area contributed by atoms with Gasteiger partial charge in [0, 0.05) is 12.5 Å². The van der Waals surface area contributed by atoms with Crippen molar-refractivity contribution in [2.45, 2.75) is 39.5 Å². The first-order valence-corrected chi connectivity index (χ1v) is 6.87. The molecule has 0 aromatic rings. The molecule has 0 saturated heterocycles. The smallest absolute Gasteiger partial charge is 0.206 e. The topological polar surface area (TPSA) is 46.2 Å². The van der Waals surface area contributed by atoms with Gasteiger partial charge in [-0.2, -0.15) is 0 Å². The maximum Gasteiger partial charge on any atom is 0.206 e. The number of hydrogen-bond acceptors (Lipinski definition) is 3. The third kappa shape index (κ3) is 1.68. The molecule has 0 amide bonds. The van der Waals surface area contributed by atoms with E-state index in [4.69, 9.17) is 0 Å². The molecule has 2 aliphatic rings. The first-order valence-electron chi connectivity index (χ1n) is 6.87. The minimum absolute atomic E-state index is 0.0417. The Kier molecular flexibility index (Phi) is 3.45. The van der Waals surface area contributed by atoms with Gasteiger partial charge >= 0.3 is 0 Å². The van der Waals surface area contributed by atoms with Crippen molar-refractivity contribution in [2.24, 2.45) is 16.7 Å². The SMILES string of the molecule is C=CCCCNCC12CCC(C(=O)C1=O)C2(C)C. The van der Waals surface area contributed by atoms with Crippen LogP contribution < -0.4 is 5.32 Å². The monoisotopic (exact) mass is 249 g/mol. The number of rotatable bonds is 6. The first-order chi connectivity index (χ1) is 8.47. The fraction of sp³-hybridized carbons (Fsp3) is 0.733. The summed E-state index contributed by atoms with van der Waals surface area (Å²) in [6, 6.07) is 0. The standard InChI is InChI=1S/C15H23NO2/c1-4-5-6-9-16-10-15-8-7-11(14(15,2)3)12(17)13(15)18/h4,11,16H,1,5-10H2,2-3H3. The van der Waals surface area contributed by atoms with Gasteiger partial charge < -0.3 is 5.32 Å². The van der Waals surface area contributed by atoms with E-state index in [0.29, 0.717) is 6.54 Å². The summed E-state index contributed by atoms with van der Waals surface area (Å²) >= 11 is 0. The highest BCUT2D eigenvalue weighted by atomic mass is 16.2. The Balaban J connectivity index is 2.03. The summed E-state index contributed by atoms with van der Waals surface area (Å²) in [5, 5.41) is 3.37. The van der Waals surface area contributed by atoms with Crippen LogP contribution in [0.4, 0.5) is 0 Å². The predicted octanol–water partition coefficient (Wildman–Crippen LogP) is 2.12. The molecule has 18 heavy (non-hydrogen) atoms. The van der Waals surface area contributed by atoms with Crippen LogP contribution in [0.3, 0.4) is 0 Å². The number of nitrogens with one attached hydrogen (secondary N) is 1. The lowest BCUT2D eigenvalue weighted by atomic mass is 9.69. The van der Waals surface area contributed by atoms with Gasteiger partial charge in [0.1, 0.15) is 0 Å². The normalized spacial score (nSPS) is 33.1. The lowest BCUT2D eigenvalue weighted by Crippen LogP contribution is -2.45. The van der Waals surface area contributed by atoms with Gasteiger partial charge in [0.2, 0.25) is 11.6 Å². The van der Waals surface area contributed by atoms with Gasteiger partial charge in [-0.15, -0.1) is 6.58 Å². The zero-order chi connectivity index (χ0) is 13.4. The van der Waals surface area contributed by atoms with Crippen molar-refractivity contribution in [1.29, 1.82) is 0 Å². The van der Waals surface area contributed by atoms with E-state index in [1.54, 1.807) is 0 Å². The van der Waals surface area contributed by atoms with Crippen LogP contribution >= 0.6 is 0 Å². The number of Topliss-reactive ketones (excluding diaryl/α,β-unsaturated/α-hetero) is 2. The van der Waals surface area contributed by atoms with Gasteiger partial charge in [-0.25, -0.2) is 0 Å². The van der Waals surface area contributed by atoms with Crippen LogP contribution in [0.25, 0.3) is 0 Å². The molecular weight excluding hydrogens is 226 g/mol. The quantitative estimate of drug-likeness (QED) is 0.445. The Morgan fingerprint density at radius 1 is 1.44 bits per heavy atom. The third-order valence-corrected chi connectivity index (χ3v) is 5.13. The molecule has 0 radical (unpaired) electrons. The van der Waals surface area contributed by atoms with Crippen LogP contribution in [0.2, 0.25) is 0 Å². The number of carbonyl (C=O) groups is 2. The number of allylic oxidation sites excluding steroid dienone is 1. The van der Waals surface area contributed by atoms with E-state index in [0.717, 1.165) is 32.2 Å². The van der Waals surface area contributed by atoms with Crippen molar-refractivity contribution in [1.82, 2.24) is 5.32 Å². The molecule has 2 aliphatic carbocycles. The van der Waals surface area contributed by atoms with Gasteiger partial charge in [0.25, 0.3) is 0 Å². The summed E-state index contributed by atoms with van der Waals surface area (Å²) in [6.07, 6.45) is 5.67.